The number of carbonyl (C=O) groups is 3. The molecule has 19 heterocycles. The summed E-state index contributed by atoms with van der Waals surface area (Å²) in [5.41, 5.74) is 22.7. The summed E-state index contributed by atoms with van der Waals surface area (Å²) in [6.07, 6.45) is 21.6. The van der Waals surface area contributed by atoms with Crippen LogP contribution in [0.2, 0.25) is 0 Å². The SMILES string of the molecule is CC1=CC=C(C#N)C(Cl)N1.CC1=CC=C(C=O)C(Cl)N1.Cc1ccc(C#N)c(=O)[nH]1.Cc1ccc2c(C=O)[nH]nc2n1.Cc1ccc2c(I)[nH]nc2n1.Cc1ccc2c(c1CN1CCCCC1)OCC2=O.Cc1ccc2c(n1)N=NC2=Cc1oc2c(CN3CCCCC3)c(C)ccc2c1O.Cc1ccc2c(n1)N=NC2=Cc1oc2c(CN3CCNCC3)c(C)ccc2c1O.Cc1ccc2cn[nH]c2n1.[B]. The lowest BCUT2D eigenvalue weighted by Gasteiger charge is -2.27. The van der Waals surface area contributed by atoms with Crippen LogP contribution in [0.3, 0.4) is 0 Å². The van der Waals surface area contributed by atoms with E-state index in [4.69, 9.17) is 47.3 Å². The molecule has 37 heteroatoms. The molecule has 3 aromatic carbocycles. The van der Waals surface area contributed by atoms with Crippen molar-refractivity contribution in [1.29, 1.82) is 10.5 Å². The van der Waals surface area contributed by atoms with Gasteiger partial charge in [-0.15, -0.1) is 20.5 Å². The number of nitrogens with one attached hydrogen (secondary N) is 7. The first-order chi connectivity index (χ1) is 67.1. The van der Waals surface area contributed by atoms with Gasteiger partial charge in [0.25, 0.3) is 5.56 Å². The second-order valence-corrected chi connectivity index (χ2v) is 36.2. The van der Waals surface area contributed by atoms with Crippen LogP contribution in [0.15, 0.2) is 196 Å². The fourth-order valence-electron chi connectivity index (χ4n) is 16.0. The second kappa shape index (κ2) is 48.3. The van der Waals surface area contributed by atoms with Crippen molar-refractivity contribution in [3.63, 3.8) is 0 Å². The summed E-state index contributed by atoms with van der Waals surface area (Å²) in [7, 11) is 0. The van der Waals surface area contributed by atoms with Crippen LogP contribution < -0.4 is 26.2 Å². The number of benzene rings is 3. The van der Waals surface area contributed by atoms with Crippen LogP contribution in [-0.2, 0) is 24.4 Å². The van der Waals surface area contributed by atoms with Crippen LogP contribution in [0.25, 0.3) is 78.6 Å². The van der Waals surface area contributed by atoms with Gasteiger partial charge >= 0.3 is 0 Å². The maximum Gasteiger partial charge on any atom is 0.266 e. The molecule has 0 amide bonds. The fraction of sp³-hybridized carbons (Fsp3) is 0.301. The van der Waals surface area contributed by atoms with E-state index in [9.17, 15) is 29.4 Å². The quantitative estimate of drug-likeness (QED) is 0.0202. The molecule has 0 saturated carbocycles. The fourth-order valence-corrected chi connectivity index (χ4v) is 17.2. The van der Waals surface area contributed by atoms with Gasteiger partial charge in [0.2, 0.25) is 5.78 Å². The highest BCUT2D eigenvalue weighted by molar-refractivity contribution is 14.1. The minimum atomic E-state index is -0.359. The number of likely N-dealkylation sites (tertiary alicyclic amines) is 2. The van der Waals surface area contributed by atoms with E-state index in [1.165, 1.54) is 61.3 Å². The van der Waals surface area contributed by atoms with Crippen molar-refractivity contribution < 1.29 is 38.2 Å². The molecular weight excluding hydrogens is 1930 g/mol. The number of aryl methyl sites for hydroxylation is 9. The van der Waals surface area contributed by atoms with Crippen molar-refractivity contribution in [2.75, 3.05) is 59.0 Å². The smallest absolute Gasteiger partial charge is 0.266 e. The first kappa shape index (κ1) is 103. The number of nitrogens with zero attached hydrogens (tertiary/aromatic N) is 17. The summed E-state index contributed by atoms with van der Waals surface area (Å²) in [4.78, 5) is 74.5. The molecule has 140 heavy (non-hydrogen) atoms. The predicted molar refractivity (Wildman–Crippen MR) is 553 cm³/mol. The number of piperidine rings is 2. The van der Waals surface area contributed by atoms with Crippen molar-refractivity contribution in [3.8, 4) is 29.4 Å². The molecule has 11 aromatic heterocycles. The number of dihydropyridines is 2. The summed E-state index contributed by atoms with van der Waals surface area (Å²) < 4.78 is 19.0. The molecule has 0 bridgehead atoms. The van der Waals surface area contributed by atoms with E-state index in [1.54, 1.807) is 49.6 Å². The molecule has 717 valence electrons. The van der Waals surface area contributed by atoms with Gasteiger partial charge in [0.05, 0.1) is 39.6 Å². The van der Waals surface area contributed by atoms with E-state index in [0.29, 0.717) is 57.0 Å². The molecule has 3 radical (unpaired) electrons. The zero-order valence-corrected chi connectivity index (χ0v) is 83.2. The maximum atomic E-state index is 11.7. The number of ether oxygens (including phenoxy) is 1. The molecular formula is C103H107BCl2IN24O9. The zero-order valence-electron chi connectivity index (χ0n) is 79.5. The first-order valence-electron chi connectivity index (χ1n) is 45.5. The van der Waals surface area contributed by atoms with Crippen LogP contribution in [0.5, 0.6) is 17.2 Å². The number of Topliss-reactive ketones (excluding diaryl/α,β-unsaturated/α-hetero) is 1. The Kier molecular flexibility index (Phi) is 35.6. The molecule has 0 aliphatic carbocycles. The lowest BCUT2D eigenvalue weighted by molar-refractivity contribution is -0.105. The Bertz CT molecular complexity index is 7150. The number of carbonyl (C=O) groups excluding carboxylic acids is 3. The molecule has 14 aromatic rings. The number of hydrogen-bond donors (Lipinski definition) is 9. The summed E-state index contributed by atoms with van der Waals surface area (Å²) in [6, 6.07) is 38.3. The molecule has 2 unspecified atom stereocenters. The van der Waals surface area contributed by atoms with Crippen LogP contribution in [0.1, 0.15) is 169 Å². The van der Waals surface area contributed by atoms with Crippen LogP contribution in [0.4, 0.5) is 11.6 Å². The average molecular weight is 2030 g/mol. The minimum absolute atomic E-state index is 0. The third-order valence-electron chi connectivity index (χ3n) is 23.8. The number of aromatic nitrogens is 12. The molecule has 3 saturated heterocycles. The van der Waals surface area contributed by atoms with Gasteiger partial charge in [-0.1, -0.05) is 60.3 Å². The number of hydrogen-bond acceptors (Lipinski definition) is 29. The number of H-pyrrole nitrogens is 4. The van der Waals surface area contributed by atoms with Gasteiger partial charge in [-0.3, -0.25) is 49.2 Å². The Morgan fingerprint density at radius 1 is 0.507 bits per heavy atom. The number of ketones is 1. The van der Waals surface area contributed by atoms with Crippen molar-refractivity contribution in [2.45, 2.75) is 145 Å². The van der Waals surface area contributed by atoms with Crippen LogP contribution >= 0.6 is 45.8 Å². The molecule has 2 atom stereocenters. The van der Waals surface area contributed by atoms with Crippen molar-refractivity contribution in [1.82, 2.24) is 91.1 Å². The summed E-state index contributed by atoms with van der Waals surface area (Å²) in [5, 5.41) is 88.8. The Hall–Kier alpha value is -14.3. The number of furan rings is 2. The largest absolute Gasteiger partial charge is 0.504 e. The number of azo groups is 2. The summed E-state index contributed by atoms with van der Waals surface area (Å²) >= 11 is 13.7. The second-order valence-electron chi connectivity index (χ2n) is 34.3. The first-order valence-corrected chi connectivity index (χ1v) is 47.5. The number of aldehydes is 2. The molecule has 9 N–H and O–H groups in total. The number of fused-ring (bicyclic) bond motifs is 8. The Balaban J connectivity index is 0.000000138. The average Bonchev–Trinajstić information content (AvgIpc) is 1.61. The standard InChI is InChI=1S/C23H24N4O2.C22H23N5O2.C15H19NO2.C8H7N3O.C7H7ClN2.C7H8ClNO.C7H6IN3.C7H7N3.C7H6N2O.B/c1-14-6-8-17-21(28)20(12-19-16-9-7-15(2)24-23(16)26-25-19)29-22(17)18(14)13-27-10-4-3-5-11-27;1-13-3-5-16-20(28)19(11-18-15-6-4-14(2)24-22(15)26-25-18)29-21(16)17(13)12-27-9-7-23-8-10-27;1-11-5-6-12-14(17)10-18-15(12)13(11)9-16-7-3-2-4-8-16;1-5-2-3-6-7(4-12)10-11-8(6)9-5;1-5-2-3-6(4-9)7(8)10-5;1-5-2-3-6(4-10)7(8)9-5;1-4-2-3-5-6(8)10-11-7(5)9-4;1-5-2-3-6-4-8-10-7(6)9-5;1-5-2-3-6(4-8)7(10)9-5;/h6-9,12,28H,3-5,10-11,13H2,1-2H3;3-6,11,23,28H,7-10,12H2,1-2H3;5-6H,2-4,7-10H2,1H3;2-4H,1H3,(H,9,10,11);2-3,7,10H,1H3;2-4,7,9H,1H3;2-3H,1H3,(H,9,10,11);2-4H,1H3,(H,8,9,10);2-3H,1H3,(H,9,10);. The Morgan fingerprint density at radius 2 is 0.993 bits per heavy atom. The van der Waals surface area contributed by atoms with E-state index in [-0.39, 0.29) is 54.4 Å². The van der Waals surface area contributed by atoms with Gasteiger partial charge in [-0.05, 0) is 277 Å². The molecule has 22 rings (SSSR count). The highest BCUT2D eigenvalue weighted by Crippen LogP contribution is 2.44. The van der Waals surface area contributed by atoms with E-state index in [0.717, 1.165) is 222 Å². The predicted octanol–water partition coefficient (Wildman–Crippen LogP) is 19.5. The number of allylic oxidation sites excluding steroid dienone is 6. The normalized spacial score (nSPS) is 16.6. The lowest BCUT2D eigenvalue weighted by Crippen LogP contribution is -2.43. The van der Waals surface area contributed by atoms with E-state index < -0.39 is 0 Å². The zero-order chi connectivity index (χ0) is 98.5. The van der Waals surface area contributed by atoms with Crippen molar-refractivity contribution >= 4 is 163 Å². The van der Waals surface area contributed by atoms with Crippen LogP contribution in [-0.4, -0.2) is 182 Å². The topological polar surface area (TPSA) is 453 Å². The highest BCUT2D eigenvalue weighted by atomic mass is 127. The molecule has 0 spiro atoms. The number of aromatic amines is 4. The number of piperazine rings is 1. The molecule has 33 nitrogen and oxygen atoms in total. The Labute approximate surface area is 834 Å². The minimum Gasteiger partial charge on any atom is -0.504 e. The lowest BCUT2D eigenvalue weighted by atomic mass is 10.0. The number of nitriles is 2. The third-order valence-corrected chi connectivity index (χ3v) is 25.3. The van der Waals surface area contributed by atoms with Gasteiger partial charge in [-0.2, -0.15) is 25.8 Å². The van der Waals surface area contributed by atoms with Gasteiger partial charge in [0.1, 0.15) is 66.6 Å². The Morgan fingerprint density at radius 3 is 1.54 bits per heavy atom. The van der Waals surface area contributed by atoms with Crippen molar-refractivity contribution in [3.05, 3.63) is 283 Å². The molecule has 8 aliphatic rings. The van der Waals surface area contributed by atoms with E-state index in [1.807, 2.05) is 158 Å². The van der Waals surface area contributed by atoms with Gasteiger partial charge in [-0.25, -0.2) is 24.9 Å². The van der Waals surface area contributed by atoms with Gasteiger partial charge in [0, 0.05) is 156 Å². The van der Waals surface area contributed by atoms with Crippen molar-refractivity contribution in [2.24, 2.45) is 20.5 Å². The third kappa shape index (κ3) is 26.0. The van der Waals surface area contributed by atoms with Crippen LogP contribution in [0, 0.1) is 88.7 Å². The van der Waals surface area contributed by atoms with E-state index >= 15 is 0 Å². The number of alkyl halides is 2. The molecule has 8 aliphatic heterocycles. The summed E-state index contributed by atoms with van der Waals surface area (Å²) in [5.74, 6) is 3.25. The maximum absolute atomic E-state index is 11.7. The van der Waals surface area contributed by atoms with Gasteiger partial charge in [0.15, 0.2) is 64.5 Å². The molecule has 3 fully saturated rings. The van der Waals surface area contributed by atoms with E-state index in [2.05, 4.69) is 161 Å². The highest BCUT2D eigenvalue weighted by Gasteiger charge is 2.29. The van der Waals surface area contributed by atoms with Gasteiger partial charge < -0.3 is 44.7 Å². The number of pyridine rings is 6. The monoisotopic (exact) mass is 2030 g/mol. The number of rotatable bonds is 10. The number of halogens is 3. The number of aromatic hydroxyl groups is 2. The summed E-state index contributed by atoms with van der Waals surface area (Å²) in [6.45, 7) is 32.8.